The van der Waals surface area contributed by atoms with Crippen LogP contribution in [0.3, 0.4) is 0 Å². The van der Waals surface area contributed by atoms with E-state index in [2.05, 4.69) is 25.6 Å². The van der Waals surface area contributed by atoms with Gasteiger partial charge >= 0.3 is 5.92 Å². The maximum absolute atomic E-state index is 15.6. The zero-order valence-electron chi connectivity index (χ0n) is 19.3. The van der Waals surface area contributed by atoms with Gasteiger partial charge in [0.1, 0.15) is 5.82 Å². The normalized spacial score (nSPS) is 13.4. The number of pyridine rings is 1. The van der Waals surface area contributed by atoms with Crippen molar-refractivity contribution in [3.05, 3.63) is 95.2 Å². The molecule has 0 unspecified atom stereocenters. The van der Waals surface area contributed by atoms with Gasteiger partial charge in [-0.15, -0.1) is 10.2 Å². The summed E-state index contributed by atoms with van der Waals surface area (Å²) in [6.45, 7) is 2.66. The predicted molar refractivity (Wildman–Crippen MR) is 131 cm³/mol. The van der Waals surface area contributed by atoms with Crippen LogP contribution in [0.15, 0.2) is 72.4 Å². The molecule has 0 bridgehead atoms. The molecule has 3 aromatic heterocycles. The van der Waals surface area contributed by atoms with Gasteiger partial charge in [0, 0.05) is 40.5 Å². The Morgan fingerprint density at radius 1 is 1.03 bits per heavy atom. The Hall–Kier alpha value is -4.27. The first kappa shape index (κ1) is 22.2. The van der Waals surface area contributed by atoms with Gasteiger partial charge in [0.25, 0.3) is 0 Å². The van der Waals surface area contributed by atoms with Crippen molar-refractivity contribution in [2.24, 2.45) is 0 Å². The third-order valence-electron chi connectivity index (χ3n) is 6.25. The highest BCUT2D eigenvalue weighted by Gasteiger charge is 2.40. The Bertz CT molecular complexity index is 1650. The molecule has 0 spiro atoms. The molecule has 0 atom stereocenters. The largest absolute Gasteiger partial charge is 0.385 e. The van der Waals surface area contributed by atoms with Crippen LogP contribution in [0.25, 0.3) is 33.5 Å². The molecule has 1 fully saturated rings. The van der Waals surface area contributed by atoms with E-state index < -0.39 is 17.6 Å². The van der Waals surface area contributed by atoms with Gasteiger partial charge in [-0.25, -0.2) is 4.39 Å². The highest BCUT2D eigenvalue weighted by Crippen LogP contribution is 2.37. The van der Waals surface area contributed by atoms with E-state index in [1.165, 1.54) is 23.8 Å². The Balaban J connectivity index is 1.40. The van der Waals surface area contributed by atoms with Gasteiger partial charge in [-0.3, -0.25) is 4.98 Å². The number of hydrogen-bond acceptors (Lipinski definition) is 5. The Morgan fingerprint density at radius 2 is 1.89 bits per heavy atom. The van der Waals surface area contributed by atoms with Gasteiger partial charge in [0.2, 0.25) is 5.82 Å². The molecule has 1 N–H and O–H groups in total. The van der Waals surface area contributed by atoms with E-state index in [4.69, 9.17) is 0 Å². The third kappa shape index (κ3) is 3.77. The highest BCUT2D eigenvalue weighted by atomic mass is 19.3. The number of benzene rings is 2. The number of nitrogens with one attached hydrogen (secondary N) is 1. The number of rotatable bonds is 6. The van der Waals surface area contributed by atoms with Crippen LogP contribution in [0.5, 0.6) is 0 Å². The lowest BCUT2D eigenvalue weighted by molar-refractivity contribution is 0.0307. The van der Waals surface area contributed by atoms with E-state index in [-0.39, 0.29) is 11.2 Å². The number of allylic oxidation sites excluding steroid dienone is 1. The number of halogens is 3. The molecule has 1 aliphatic rings. The smallest absolute Gasteiger partial charge is 0.333 e. The van der Waals surface area contributed by atoms with Crippen molar-refractivity contribution >= 4 is 22.2 Å². The Morgan fingerprint density at radius 3 is 2.67 bits per heavy atom. The van der Waals surface area contributed by atoms with Crippen molar-refractivity contribution in [3.8, 4) is 11.3 Å². The minimum absolute atomic E-state index is 0.167. The second-order valence-electron chi connectivity index (χ2n) is 8.70. The molecular weight excluding hydrogens is 465 g/mol. The standard InChI is InChI=1S/C27H21F3N6/c1-2-31-25(16-5-6-16)20-9-7-18(15-21(20)28)23-11-12-24-33-34-26(36(24)35-23)27(29,30)19-8-10-22-17(14-19)4-3-13-32-22/h3-4,7-15,31H,2,5-6H2,1H3. The quantitative estimate of drug-likeness (QED) is 0.332. The zero-order chi connectivity index (χ0) is 24.9. The fourth-order valence-electron chi connectivity index (χ4n) is 4.32. The maximum atomic E-state index is 15.6. The molecule has 1 aliphatic carbocycles. The second-order valence-corrected chi connectivity index (χ2v) is 8.70. The zero-order valence-corrected chi connectivity index (χ0v) is 19.3. The Kier molecular flexibility index (Phi) is 5.21. The van der Waals surface area contributed by atoms with Gasteiger partial charge in [-0.05, 0) is 67.8 Å². The molecule has 5 aromatic rings. The molecule has 6 rings (SSSR count). The predicted octanol–water partition coefficient (Wildman–Crippen LogP) is 5.73. The number of aromatic nitrogens is 5. The first-order chi connectivity index (χ1) is 17.5. The topological polar surface area (TPSA) is 68.0 Å². The van der Waals surface area contributed by atoms with E-state index in [0.29, 0.717) is 34.3 Å². The average molecular weight is 487 g/mol. The summed E-state index contributed by atoms with van der Waals surface area (Å²) in [6, 6.07) is 15.6. The lowest BCUT2D eigenvalue weighted by Gasteiger charge is -2.15. The van der Waals surface area contributed by atoms with Gasteiger partial charge < -0.3 is 5.32 Å². The molecular formula is C27H21F3N6. The second kappa shape index (κ2) is 8.44. The summed E-state index contributed by atoms with van der Waals surface area (Å²) in [4.78, 5) is 4.18. The monoisotopic (exact) mass is 486 g/mol. The van der Waals surface area contributed by atoms with Crippen LogP contribution in [0.1, 0.15) is 36.7 Å². The van der Waals surface area contributed by atoms with Gasteiger partial charge in [0.05, 0.1) is 11.2 Å². The molecule has 1 saturated carbocycles. The lowest BCUT2D eigenvalue weighted by atomic mass is 10.0. The van der Waals surface area contributed by atoms with Gasteiger partial charge in [-0.1, -0.05) is 18.2 Å². The third-order valence-corrected chi connectivity index (χ3v) is 6.25. The highest BCUT2D eigenvalue weighted by molar-refractivity contribution is 5.79. The van der Waals surface area contributed by atoms with Crippen LogP contribution in [0, 0.1) is 5.82 Å². The molecule has 36 heavy (non-hydrogen) atoms. The van der Waals surface area contributed by atoms with E-state index in [9.17, 15) is 0 Å². The molecule has 9 heteroatoms. The van der Waals surface area contributed by atoms with Crippen LogP contribution in [-0.4, -0.2) is 31.3 Å². The minimum Gasteiger partial charge on any atom is -0.385 e. The fourth-order valence-corrected chi connectivity index (χ4v) is 4.32. The summed E-state index contributed by atoms with van der Waals surface area (Å²) in [7, 11) is 0. The van der Waals surface area contributed by atoms with E-state index >= 15 is 13.2 Å². The molecule has 180 valence electrons. The van der Waals surface area contributed by atoms with Crippen molar-refractivity contribution in [1.29, 1.82) is 0 Å². The number of fused-ring (bicyclic) bond motifs is 2. The van der Waals surface area contributed by atoms with Crippen molar-refractivity contribution < 1.29 is 13.2 Å². The molecule has 0 amide bonds. The number of hydrogen-bond donors (Lipinski definition) is 1. The minimum atomic E-state index is -3.47. The average Bonchev–Trinajstić information content (AvgIpc) is 3.64. The van der Waals surface area contributed by atoms with Gasteiger partial charge in [0.15, 0.2) is 5.65 Å². The molecule has 6 nitrogen and oxygen atoms in total. The first-order valence-corrected chi connectivity index (χ1v) is 11.7. The first-order valence-electron chi connectivity index (χ1n) is 11.7. The summed E-state index contributed by atoms with van der Waals surface area (Å²) in [5.74, 6) is -4.49. The summed E-state index contributed by atoms with van der Waals surface area (Å²) in [6.07, 6.45) is 3.52. The fraction of sp³-hybridized carbons (Fsp3) is 0.185. The molecule has 0 saturated heterocycles. The van der Waals surface area contributed by atoms with Crippen LogP contribution in [-0.2, 0) is 5.92 Å². The van der Waals surface area contributed by atoms with Crippen LogP contribution < -0.4 is 5.32 Å². The van der Waals surface area contributed by atoms with Crippen molar-refractivity contribution in [2.45, 2.75) is 25.7 Å². The summed E-state index contributed by atoms with van der Waals surface area (Å²) in [5.41, 5.74) is 3.86. The molecule has 0 aliphatic heterocycles. The van der Waals surface area contributed by atoms with Crippen molar-refractivity contribution in [3.63, 3.8) is 0 Å². The maximum Gasteiger partial charge on any atom is 0.333 e. The summed E-state index contributed by atoms with van der Waals surface area (Å²) in [5, 5.41) is 15.8. The van der Waals surface area contributed by atoms with Crippen LogP contribution in [0.2, 0.25) is 0 Å². The van der Waals surface area contributed by atoms with E-state index in [1.807, 2.05) is 6.92 Å². The molecule has 3 heterocycles. The summed E-state index contributed by atoms with van der Waals surface area (Å²) >= 11 is 0. The number of nitrogens with zero attached hydrogens (tertiary/aromatic N) is 5. The lowest BCUT2D eigenvalue weighted by Crippen LogP contribution is -2.20. The SMILES string of the molecule is CCNC(=C1CC1)c1ccc(-c2ccc3nnc(C(F)(F)c4ccc5ncccc5c4)n3n2)cc1F. The van der Waals surface area contributed by atoms with Crippen LogP contribution in [0.4, 0.5) is 13.2 Å². The summed E-state index contributed by atoms with van der Waals surface area (Å²) < 4.78 is 47.4. The van der Waals surface area contributed by atoms with Crippen molar-refractivity contribution in [2.75, 3.05) is 6.54 Å². The van der Waals surface area contributed by atoms with E-state index in [1.54, 1.807) is 48.7 Å². The van der Waals surface area contributed by atoms with Crippen molar-refractivity contribution in [1.82, 2.24) is 30.1 Å². The van der Waals surface area contributed by atoms with E-state index in [0.717, 1.165) is 23.1 Å². The van der Waals surface area contributed by atoms with Crippen LogP contribution >= 0.6 is 0 Å². The molecule has 2 aromatic carbocycles. The van der Waals surface area contributed by atoms with Gasteiger partial charge in [-0.2, -0.15) is 18.4 Å². The Labute approximate surface area is 204 Å². The number of alkyl halides is 2. The molecule has 0 radical (unpaired) electrons.